The molecule has 0 bridgehead atoms. The van der Waals surface area contributed by atoms with Crippen molar-refractivity contribution in [3.05, 3.63) is 41.5 Å². The standard InChI is InChI=1S/C13H14OS/c1-13(2,3)11(9-15)12(14)10-7-5-4-6-8-10/h4-8H,1-3H3. The van der Waals surface area contributed by atoms with Crippen molar-refractivity contribution in [1.82, 2.24) is 0 Å². The third-order valence-corrected chi connectivity index (χ3v) is 2.32. The summed E-state index contributed by atoms with van der Waals surface area (Å²) in [6.45, 7) is 5.88. The van der Waals surface area contributed by atoms with E-state index in [1.54, 1.807) is 12.1 Å². The SMILES string of the molecule is CC(C)(C)C(=C=S)C(=O)c1ccccc1. The monoisotopic (exact) mass is 218 g/mol. The number of benzene rings is 1. The van der Waals surface area contributed by atoms with E-state index in [0.717, 1.165) is 0 Å². The van der Waals surface area contributed by atoms with Crippen LogP contribution in [0.4, 0.5) is 0 Å². The zero-order valence-electron chi connectivity index (χ0n) is 9.20. The fourth-order valence-corrected chi connectivity index (χ4v) is 1.67. The Bertz CT molecular complexity index is 406. The van der Waals surface area contributed by atoms with E-state index in [-0.39, 0.29) is 11.2 Å². The molecular weight excluding hydrogens is 204 g/mol. The molecule has 0 amide bonds. The maximum atomic E-state index is 12.1. The molecule has 0 saturated carbocycles. The first kappa shape index (κ1) is 11.8. The predicted molar refractivity (Wildman–Crippen MR) is 66.3 cm³/mol. The number of allylic oxidation sites excluding steroid dienone is 1. The Kier molecular flexibility index (Phi) is 3.57. The molecule has 0 unspecified atom stereocenters. The molecule has 0 atom stereocenters. The van der Waals surface area contributed by atoms with Gasteiger partial charge in [-0.3, -0.25) is 4.79 Å². The Balaban J connectivity index is 3.11. The average Bonchev–Trinajstić information content (AvgIpc) is 2.18. The summed E-state index contributed by atoms with van der Waals surface area (Å²) in [6.07, 6.45) is 0. The van der Waals surface area contributed by atoms with Gasteiger partial charge in [0, 0.05) is 5.56 Å². The second kappa shape index (κ2) is 4.52. The van der Waals surface area contributed by atoms with E-state index in [1.807, 2.05) is 39.0 Å². The highest BCUT2D eigenvalue weighted by molar-refractivity contribution is 7.78. The van der Waals surface area contributed by atoms with Crippen molar-refractivity contribution >= 4 is 23.0 Å². The summed E-state index contributed by atoms with van der Waals surface area (Å²) in [5, 5.41) is 2.59. The summed E-state index contributed by atoms with van der Waals surface area (Å²) >= 11 is 4.79. The maximum Gasteiger partial charge on any atom is 0.198 e. The van der Waals surface area contributed by atoms with Crippen molar-refractivity contribution in [2.75, 3.05) is 0 Å². The van der Waals surface area contributed by atoms with E-state index in [1.165, 1.54) is 0 Å². The predicted octanol–water partition coefficient (Wildman–Crippen LogP) is 3.44. The summed E-state index contributed by atoms with van der Waals surface area (Å²) in [5.74, 6) is -0.0295. The van der Waals surface area contributed by atoms with Crippen LogP contribution in [0.15, 0.2) is 35.9 Å². The molecule has 0 N–H and O–H groups in total. The molecule has 1 nitrogen and oxygen atoms in total. The lowest BCUT2D eigenvalue weighted by Crippen LogP contribution is -2.18. The van der Waals surface area contributed by atoms with Gasteiger partial charge in [-0.2, -0.15) is 0 Å². The lowest BCUT2D eigenvalue weighted by Gasteiger charge is -2.19. The fourth-order valence-electron chi connectivity index (χ4n) is 1.27. The Morgan fingerprint density at radius 1 is 1.20 bits per heavy atom. The van der Waals surface area contributed by atoms with Gasteiger partial charge in [0.15, 0.2) is 5.78 Å². The zero-order valence-corrected chi connectivity index (χ0v) is 10.0. The molecule has 78 valence electrons. The van der Waals surface area contributed by atoms with Crippen LogP contribution in [0.2, 0.25) is 0 Å². The van der Waals surface area contributed by atoms with Gasteiger partial charge in [-0.15, -0.1) is 0 Å². The van der Waals surface area contributed by atoms with Crippen molar-refractivity contribution in [2.24, 2.45) is 5.41 Å². The number of ketones is 1. The van der Waals surface area contributed by atoms with Gasteiger partial charge in [-0.25, -0.2) is 0 Å². The number of Topliss-reactive ketones (excluding diaryl/α,β-unsaturated/α-hetero) is 1. The van der Waals surface area contributed by atoms with Gasteiger partial charge in [0.25, 0.3) is 0 Å². The molecule has 0 aromatic heterocycles. The van der Waals surface area contributed by atoms with Crippen LogP contribution >= 0.6 is 12.2 Å². The number of rotatable bonds is 2. The molecule has 1 rings (SSSR count). The Morgan fingerprint density at radius 3 is 2.13 bits per heavy atom. The summed E-state index contributed by atoms with van der Waals surface area (Å²) < 4.78 is 0. The Morgan fingerprint density at radius 2 is 1.73 bits per heavy atom. The highest BCUT2D eigenvalue weighted by atomic mass is 32.1. The van der Waals surface area contributed by atoms with Crippen LogP contribution in [-0.4, -0.2) is 10.8 Å². The van der Waals surface area contributed by atoms with Crippen LogP contribution < -0.4 is 0 Å². The first-order chi connectivity index (χ1) is 6.96. The number of carbonyl (C=O) groups excluding carboxylic acids is 1. The second-order valence-electron chi connectivity index (χ2n) is 4.42. The van der Waals surface area contributed by atoms with Gasteiger partial charge < -0.3 is 0 Å². The molecule has 0 aliphatic heterocycles. The quantitative estimate of drug-likeness (QED) is 0.430. The smallest absolute Gasteiger partial charge is 0.198 e. The van der Waals surface area contributed by atoms with E-state index >= 15 is 0 Å². The van der Waals surface area contributed by atoms with Crippen LogP contribution in [0.3, 0.4) is 0 Å². The largest absolute Gasteiger partial charge is 0.288 e. The van der Waals surface area contributed by atoms with Gasteiger partial charge in [0.2, 0.25) is 0 Å². The fraction of sp³-hybridized carbons (Fsp3) is 0.308. The third kappa shape index (κ3) is 2.85. The van der Waals surface area contributed by atoms with E-state index < -0.39 is 0 Å². The van der Waals surface area contributed by atoms with Gasteiger partial charge >= 0.3 is 0 Å². The van der Waals surface area contributed by atoms with Gasteiger partial charge in [0.05, 0.1) is 5.57 Å². The molecule has 0 heterocycles. The molecule has 0 radical (unpaired) electrons. The lowest BCUT2D eigenvalue weighted by molar-refractivity contribution is 0.101. The van der Waals surface area contributed by atoms with Crippen molar-refractivity contribution < 1.29 is 4.79 Å². The molecule has 0 saturated heterocycles. The van der Waals surface area contributed by atoms with Crippen LogP contribution in [0, 0.1) is 5.41 Å². The lowest BCUT2D eigenvalue weighted by atomic mass is 9.83. The van der Waals surface area contributed by atoms with Crippen LogP contribution in [-0.2, 0) is 0 Å². The second-order valence-corrected chi connectivity index (χ2v) is 4.63. The van der Waals surface area contributed by atoms with Gasteiger partial charge in [0.1, 0.15) is 0 Å². The number of hydrogen-bond donors (Lipinski definition) is 0. The van der Waals surface area contributed by atoms with Gasteiger partial charge in [-0.1, -0.05) is 51.1 Å². The van der Waals surface area contributed by atoms with Crippen molar-refractivity contribution in [2.45, 2.75) is 20.8 Å². The van der Waals surface area contributed by atoms with Crippen molar-refractivity contribution in [3.8, 4) is 0 Å². The first-order valence-corrected chi connectivity index (χ1v) is 5.23. The van der Waals surface area contributed by atoms with Crippen LogP contribution in [0.25, 0.3) is 0 Å². The molecule has 1 aromatic carbocycles. The third-order valence-electron chi connectivity index (χ3n) is 2.12. The molecule has 0 fully saturated rings. The Labute approximate surface area is 95.8 Å². The van der Waals surface area contributed by atoms with Crippen LogP contribution in [0.1, 0.15) is 31.1 Å². The minimum absolute atomic E-state index is 0.0295. The van der Waals surface area contributed by atoms with E-state index in [4.69, 9.17) is 12.2 Å². The average molecular weight is 218 g/mol. The molecular formula is C13H14OS. The topological polar surface area (TPSA) is 17.1 Å². The normalized spacial score (nSPS) is 10.6. The number of thiocarbonyl (C=S) groups is 1. The number of hydrogen-bond acceptors (Lipinski definition) is 2. The summed E-state index contributed by atoms with van der Waals surface area (Å²) in [4.78, 5) is 12.1. The van der Waals surface area contributed by atoms with Crippen LogP contribution in [0.5, 0.6) is 0 Å². The highest BCUT2D eigenvalue weighted by Gasteiger charge is 2.24. The van der Waals surface area contributed by atoms with Crippen molar-refractivity contribution in [1.29, 1.82) is 0 Å². The van der Waals surface area contributed by atoms with Crippen molar-refractivity contribution in [3.63, 3.8) is 0 Å². The molecule has 0 spiro atoms. The zero-order chi connectivity index (χ0) is 11.5. The minimum atomic E-state index is -0.255. The van der Waals surface area contributed by atoms with Gasteiger partial charge in [-0.05, 0) is 22.7 Å². The highest BCUT2D eigenvalue weighted by Crippen LogP contribution is 2.26. The van der Waals surface area contributed by atoms with E-state index in [0.29, 0.717) is 11.1 Å². The summed E-state index contributed by atoms with van der Waals surface area (Å²) in [7, 11) is 0. The maximum absolute atomic E-state index is 12.1. The first-order valence-electron chi connectivity index (χ1n) is 4.82. The molecule has 0 aliphatic carbocycles. The Hall–Kier alpha value is -1.24. The summed E-state index contributed by atoms with van der Waals surface area (Å²) in [6, 6.07) is 9.16. The molecule has 2 heteroatoms. The minimum Gasteiger partial charge on any atom is -0.288 e. The molecule has 1 aromatic rings. The summed E-state index contributed by atoms with van der Waals surface area (Å²) in [5.41, 5.74) is 0.970. The number of carbonyl (C=O) groups is 1. The molecule has 0 aliphatic rings. The van der Waals surface area contributed by atoms with E-state index in [9.17, 15) is 4.79 Å². The molecule has 15 heavy (non-hydrogen) atoms. The van der Waals surface area contributed by atoms with E-state index in [2.05, 4.69) is 5.02 Å².